The van der Waals surface area contributed by atoms with Crippen molar-refractivity contribution in [1.82, 2.24) is 4.98 Å². The molecule has 0 aromatic carbocycles. The van der Waals surface area contributed by atoms with Crippen LogP contribution in [0.3, 0.4) is 0 Å². The van der Waals surface area contributed by atoms with Gasteiger partial charge in [0.05, 0.1) is 0 Å². The van der Waals surface area contributed by atoms with E-state index in [-0.39, 0.29) is 0 Å². The van der Waals surface area contributed by atoms with E-state index in [1.165, 1.54) is 0 Å². The maximum atomic E-state index is 12.2. The molecule has 0 radical (unpaired) electrons. The quantitative estimate of drug-likeness (QED) is 0.828. The fraction of sp³-hybridized carbons (Fsp3) is 0.167. The fourth-order valence-electron chi connectivity index (χ4n) is 0.833. The summed E-state index contributed by atoms with van der Waals surface area (Å²) < 4.78 is 46.0. The molecule has 0 aliphatic heterocycles. The van der Waals surface area contributed by atoms with E-state index >= 15 is 0 Å². The third-order valence-electron chi connectivity index (χ3n) is 1.50. The Morgan fingerprint density at radius 1 is 1.53 bits per heavy atom. The van der Waals surface area contributed by atoms with Gasteiger partial charge >= 0.3 is 0 Å². The third kappa shape index (κ3) is 2.33. The molecule has 5 nitrogen and oxygen atoms in total. The lowest BCUT2D eigenvalue weighted by Gasteiger charge is -2.07. The predicted octanol–water partition coefficient (Wildman–Crippen LogP) is 1.03. The van der Waals surface area contributed by atoms with Gasteiger partial charge in [-0.1, -0.05) is 11.6 Å². The van der Waals surface area contributed by atoms with Gasteiger partial charge < -0.3 is 5.11 Å². The Balaban J connectivity index is 3.48. The molecule has 0 amide bonds. The number of hydrogen-bond donors (Lipinski definition) is 2. The highest BCUT2D eigenvalue weighted by Crippen LogP contribution is 2.35. The van der Waals surface area contributed by atoms with Crippen LogP contribution in [0.5, 0.6) is 5.75 Å². The van der Waals surface area contributed by atoms with Crippen LogP contribution >= 0.6 is 11.6 Å². The summed E-state index contributed by atoms with van der Waals surface area (Å²) in [5.74, 6) is -1.09. The first-order chi connectivity index (χ1) is 6.75. The number of aromatic hydroxyl groups is 1. The van der Waals surface area contributed by atoms with Gasteiger partial charge in [0, 0.05) is 6.20 Å². The summed E-state index contributed by atoms with van der Waals surface area (Å²) in [6.45, 7) is 0. The van der Waals surface area contributed by atoms with Crippen LogP contribution in [0.25, 0.3) is 0 Å². The van der Waals surface area contributed by atoms with Gasteiger partial charge in [-0.3, -0.25) is 0 Å². The fourth-order valence-corrected chi connectivity index (χ4v) is 1.85. The topological polar surface area (TPSA) is 93.3 Å². The van der Waals surface area contributed by atoms with Crippen molar-refractivity contribution >= 4 is 21.6 Å². The van der Waals surface area contributed by atoms with E-state index in [2.05, 4.69) is 4.98 Å². The third-order valence-corrected chi connectivity index (χ3v) is 2.92. The number of alkyl halides is 2. The maximum Gasteiger partial charge on any atom is 0.284 e. The second kappa shape index (κ2) is 3.87. The molecule has 0 fully saturated rings. The van der Waals surface area contributed by atoms with Crippen LogP contribution in [0.4, 0.5) is 8.78 Å². The summed E-state index contributed by atoms with van der Waals surface area (Å²) >= 11 is 5.34. The molecule has 1 heterocycles. The van der Waals surface area contributed by atoms with Gasteiger partial charge in [0.2, 0.25) is 10.0 Å². The van der Waals surface area contributed by atoms with Crippen LogP contribution in [-0.4, -0.2) is 18.5 Å². The Labute approximate surface area is 88.5 Å². The maximum absolute atomic E-state index is 12.2. The Morgan fingerprint density at radius 2 is 2.07 bits per heavy atom. The number of nitrogens with two attached hydrogens (primary N) is 1. The number of hydrogen-bond acceptors (Lipinski definition) is 4. The van der Waals surface area contributed by atoms with Crippen molar-refractivity contribution in [3.63, 3.8) is 0 Å². The second-order valence-corrected chi connectivity index (χ2v) is 4.42. The average molecular weight is 259 g/mol. The summed E-state index contributed by atoms with van der Waals surface area (Å²) in [6.07, 6.45) is -2.49. The molecule has 0 aliphatic rings. The van der Waals surface area contributed by atoms with Gasteiger partial charge in [0.15, 0.2) is 5.75 Å². The van der Waals surface area contributed by atoms with Crippen molar-refractivity contribution < 1.29 is 22.3 Å². The Bertz CT molecular complexity index is 491. The molecule has 0 saturated carbocycles. The lowest BCUT2D eigenvalue weighted by Crippen LogP contribution is -2.13. The van der Waals surface area contributed by atoms with Crippen molar-refractivity contribution in [2.24, 2.45) is 5.14 Å². The van der Waals surface area contributed by atoms with Gasteiger partial charge in [0.25, 0.3) is 6.43 Å². The van der Waals surface area contributed by atoms with E-state index < -0.39 is 37.8 Å². The Hall–Kier alpha value is -0.990. The van der Waals surface area contributed by atoms with E-state index in [9.17, 15) is 17.2 Å². The summed E-state index contributed by atoms with van der Waals surface area (Å²) in [5.41, 5.74) is -0.993. The van der Waals surface area contributed by atoms with Crippen molar-refractivity contribution in [3.8, 4) is 5.75 Å². The van der Waals surface area contributed by atoms with Crippen molar-refractivity contribution in [2.45, 2.75) is 11.3 Å². The van der Waals surface area contributed by atoms with Crippen LogP contribution in [0.15, 0.2) is 11.1 Å². The van der Waals surface area contributed by atoms with Crippen molar-refractivity contribution in [3.05, 3.63) is 16.9 Å². The van der Waals surface area contributed by atoms with E-state index in [0.717, 1.165) is 0 Å². The summed E-state index contributed by atoms with van der Waals surface area (Å²) in [7, 11) is -4.20. The van der Waals surface area contributed by atoms with Gasteiger partial charge in [-0.2, -0.15) is 0 Å². The van der Waals surface area contributed by atoms with Crippen LogP contribution in [0.1, 0.15) is 12.1 Å². The normalized spacial score (nSPS) is 12.1. The molecule has 1 aromatic heterocycles. The minimum atomic E-state index is -4.20. The molecule has 3 N–H and O–H groups in total. The molecule has 9 heteroatoms. The van der Waals surface area contributed by atoms with Gasteiger partial charge in [-0.05, 0) is 0 Å². The number of halogens is 3. The number of rotatable bonds is 2. The molecule has 0 spiro atoms. The molecule has 0 atom stereocenters. The lowest BCUT2D eigenvalue weighted by molar-refractivity contribution is 0.141. The van der Waals surface area contributed by atoms with Crippen molar-refractivity contribution in [2.75, 3.05) is 0 Å². The monoisotopic (exact) mass is 258 g/mol. The molecule has 0 saturated heterocycles. The zero-order chi connectivity index (χ0) is 11.8. The van der Waals surface area contributed by atoms with E-state index in [0.29, 0.717) is 6.20 Å². The molecule has 0 unspecified atom stereocenters. The van der Waals surface area contributed by atoms with Gasteiger partial charge in [0.1, 0.15) is 15.6 Å². The smallest absolute Gasteiger partial charge is 0.284 e. The molecule has 0 bridgehead atoms. The molecule has 0 aliphatic carbocycles. The van der Waals surface area contributed by atoms with Gasteiger partial charge in [-0.15, -0.1) is 0 Å². The summed E-state index contributed by atoms with van der Waals surface area (Å²) in [6, 6.07) is 0. The van der Waals surface area contributed by atoms with Crippen LogP contribution < -0.4 is 5.14 Å². The summed E-state index contributed by atoms with van der Waals surface area (Å²) in [5, 5.41) is 13.1. The van der Waals surface area contributed by atoms with Crippen molar-refractivity contribution in [1.29, 1.82) is 0 Å². The van der Waals surface area contributed by atoms with Gasteiger partial charge in [-0.25, -0.2) is 27.3 Å². The molecular formula is C6H5ClF2N2O3S. The predicted molar refractivity (Wildman–Crippen MR) is 47.2 cm³/mol. The number of aromatic nitrogens is 1. The number of pyridine rings is 1. The van der Waals surface area contributed by atoms with E-state index in [1.54, 1.807) is 0 Å². The molecular weight excluding hydrogens is 254 g/mol. The van der Waals surface area contributed by atoms with E-state index in [4.69, 9.17) is 21.8 Å². The lowest BCUT2D eigenvalue weighted by atomic mass is 10.3. The zero-order valence-electron chi connectivity index (χ0n) is 6.99. The number of primary sulfonamides is 1. The second-order valence-electron chi connectivity index (χ2n) is 2.52. The highest BCUT2D eigenvalue weighted by Gasteiger charge is 2.23. The molecule has 15 heavy (non-hydrogen) atoms. The largest absolute Gasteiger partial charge is 0.504 e. The standard InChI is InChI=1S/C6H5ClF2N2O3S/c7-3-2(15(10,13)14)1-11-4(5(3)12)6(8)9/h1,6,12H,(H2,10,13,14). The van der Waals surface area contributed by atoms with E-state index in [1.807, 2.05) is 0 Å². The molecule has 1 rings (SSSR count). The Kier molecular flexibility index (Phi) is 3.12. The zero-order valence-corrected chi connectivity index (χ0v) is 8.56. The number of sulfonamides is 1. The van der Waals surface area contributed by atoms with Crippen LogP contribution in [0, 0.1) is 0 Å². The highest BCUT2D eigenvalue weighted by atomic mass is 35.5. The first-order valence-corrected chi connectivity index (χ1v) is 5.36. The van der Waals surface area contributed by atoms with Crippen LogP contribution in [0.2, 0.25) is 5.02 Å². The average Bonchev–Trinajstić information content (AvgIpc) is 2.06. The van der Waals surface area contributed by atoms with Crippen LogP contribution in [-0.2, 0) is 10.0 Å². The first kappa shape index (κ1) is 12.1. The minimum absolute atomic E-state index is 0.568. The summed E-state index contributed by atoms with van der Waals surface area (Å²) in [4.78, 5) is 2.36. The highest BCUT2D eigenvalue weighted by molar-refractivity contribution is 7.89. The minimum Gasteiger partial charge on any atom is -0.504 e. The molecule has 84 valence electrons. The number of nitrogens with zero attached hydrogens (tertiary/aromatic N) is 1. The Morgan fingerprint density at radius 3 is 2.47 bits per heavy atom. The SMILES string of the molecule is NS(=O)(=O)c1cnc(C(F)F)c(O)c1Cl. The molecule has 1 aromatic rings. The first-order valence-electron chi connectivity index (χ1n) is 3.43.